The monoisotopic (exact) mass is 194 g/mol. The lowest BCUT2D eigenvalue weighted by Gasteiger charge is -2.12. The second kappa shape index (κ2) is 6.51. The molecule has 1 heterocycles. The lowest BCUT2D eigenvalue weighted by molar-refractivity contribution is 0.147. The van der Waals surface area contributed by atoms with Crippen LogP contribution in [0.1, 0.15) is 25.6 Å². The molecule has 0 radical (unpaired) electrons. The van der Waals surface area contributed by atoms with Crippen LogP contribution in [-0.4, -0.2) is 24.7 Å². The van der Waals surface area contributed by atoms with Crippen molar-refractivity contribution in [3.63, 3.8) is 0 Å². The Morgan fingerprint density at radius 1 is 1.50 bits per heavy atom. The molecule has 3 heteroatoms. The van der Waals surface area contributed by atoms with E-state index in [-0.39, 0.29) is 6.04 Å². The van der Waals surface area contributed by atoms with Gasteiger partial charge in [0.1, 0.15) is 0 Å². The third-order valence-corrected chi connectivity index (χ3v) is 2.03. The van der Waals surface area contributed by atoms with Crippen LogP contribution in [0.5, 0.6) is 0 Å². The highest BCUT2D eigenvalue weighted by molar-refractivity contribution is 5.07. The minimum Gasteiger partial charge on any atom is -0.380 e. The molecule has 0 aliphatic rings. The van der Waals surface area contributed by atoms with Crippen LogP contribution in [0.15, 0.2) is 24.4 Å². The Hall–Kier alpha value is -0.930. The van der Waals surface area contributed by atoms with Crippen LogP contribution in [0, 0.1) is 0 Å². The van der Waals surface area contributed by atoms with Gasteiger partial charge in [-0.1, -0.05) is 6.07 Å². The third kappa shape index (κ3) is 3.85. The van der Waals surface area contributed by atoms with Crippen LogP contribution in [0.3, 0.4) is 0 Å². The number of nitrogens with zero attached hydrogens (tertiary/aromatic N) is 1. The molecule has 1 atom stereocenters. The minimum absolute atomic E-state index is 0.289. The predicted molar refractivity (Wildman–Crippen MR) is 57.1 cm³/mol. The number of rotatable bonds is 6. The summed E-state index contributed by atoms with van der Waals surface area (Å²) in [7, 11) is 0. The molecule has 0 saturated carbocycles. The molecule has 78 valence electrons. The van der Waals surface area contributed by atoms with Gasteiger partial charge in [-0.05, 0) is 26.0 Å². The van der Waals surface area contributed by atoms with Crippen molar-refractivity contribution in [1.29, 1.82) is 0 Å². The van der Waals surface area contributed by atoms with Crippen molar-refractivity contribution >= 4 is 0 Å². The van der Waals surface area contributed by atoms with Gasteiger partial charge in [-0.25, -0.2) is 0 Å². The minimum atomic E-state index is 0.289. The topological polar surface area (TPSA) is 34.1 Å². The standard InChI is InChI=1S/C11H18N2O/c1-3-14-9-8-12-10(2)11-6-4-5-7-13-11/h4-7,10,12H,3,8-9H2,1-2H3/t10-/m1/s1. The zero-order chi connectivity index (χ0) is 10.2. The van der Waals surface area contributed by atoms with E-state index >= 15 is 0 Å². The van der Waals surface area contributed by atoms with Crippen LogP contribution in [0.2, 0.25) is 0 Å². The Kier molecular flexibility index (Phi) is 5.19. The van der Waals surface area contributed by atoms with Gasteiger partial charge in [-0.15, -0.1) is 0 Å². The number of aromatic nitrogens is 1. The van der Waals surface area contributed by atoms with Crippen LogP contribution in [-0.2, 0) is 4.74 Å². The summed E-state index contributed by atoms with van der Waals surface area (Å²) in [6, 6.07) is 6.24. The Morgan fingerprint density at radius 3 is 3.00 bits per heavy atom. The van der Waals surface area contributed by atoms with Crippen molar-refractivity contribution in [1.82, 2.24) is 10.3 Å². The van der Waals surface area contributed by atoms with Gasteiger partial charge in [-0.3, -0.25) is 4.98 Å². The molecule has 1 aromatic heterocycles. The fourth-order valence-electron chi connectivity index (χ4n) is 1.23. The average molecular weight is 194 g/mol. The van der Waals surface area contributed by atoms with Crippen molar-refractivity contribution in [2.24, 2.45) is 0 Å². The van der Waals surface area contributed by atoms with Gasteiger partial charge in [0.15, 0.2) is 0 Å². The normalized spacial score (nSPS) is 12.7. The Labute approximate surface area is 85.5 Å². The summed E-state index contributed by atoms with van der Waals surface area (Å²) in [6.07, 6.45) is 1.82. The zero-order valence-electron chi connectivity index (χ0n) is 8.86. The third-order valence-electron chi connectivity index (χ3n) is 2.03. The second-order valence-electron chi connectivity index (χ2n) is 3.13. The highest BCUT2D eigenvalue weighted by Gasteiger charge is 2.03. The maximum absolute atomic E-state index is 5.24. The average Bonchev–Trinajstić information content (AvgIpc) is 2.25. The van der Waals surface area contributed by atoms with Crippen molar-refractivity contribution in [2.45, 2.75) is 19.9 Å². The summed E-state index contributed by atoms with van der Waals surface area (Å²) in [5.41, 5.74) is 1.07. The highest BCUT2D eigenvalue weighted by Crippen LogP contribution is 2.06. The molecule has 1 rings (SSSR count). The smallest absolute Gasteiger partial charge is 0.0590 e. The number of ether oxygens (including phenoxy) is 1. The Bertz CT molecular complexity index is 238. The SMILES string of the molecule is CCOCCN[C@H](C)c1ccccn1. The van der Waals surface area contributed by atoms with E-state index in [4.69, 9.17) is 4.74 Å². The van der Waals surface area contributed by atoms with Crippen LogP contribution in [0.25, 0.3) is 0 Å². The summed E-state index contributed by atoms with van der Waals surface area (Å²) in [5, 5.41) is 3.35. The van der Waals surface area contributed by atoms with Gasteiger partial charge in [0, 0.05) is 25.4 Å². The first-order valence-electron chi connectivity index (χ1n) is 5.06. The lowest BCUT2D eigenvalue weighted by atomic mass is 10.2. The Morgan fingerprint density at radius 2 is 2.36 bits per heavy atom. The molecule has 0 bridgehead atoms. The van der Waals surface area contributed by atoms with E-state index in [1.54, 1.807) is 0 Å². The summed E-state index contributed by atoms with van der Waals surface area (Å²) in [5.74, 6) is 0. The van der Waals surface area contributed by atoms with Crippen LogP contribution in [0.4, 0.5) is 0 Å². The first-order valence-corrected chi connectivity index (χ1v) is 5.06. The molecule has 0 aliphatic heterocycles. The van der Waals surface area contributed by atoms with Crippen molar-refractivity contribution in [3.8, 4) is 0 Å². The van der Waals surface area contributed by atoms with Crippen LogP contribution < -0.4 is 5.32 Å². The summed E-state index contributed by atoms with van der Waals surface area (Å²) in [6.45, 7) is 6.51. The van der Waals surface area contributed by atoms with E-state index in [1.165, 1.54) is 0 Å². The van der Waals surface area contributed by atoms with Crippen molar-refractivity contribution in [2.75, 3.05) is 19.8 Å². The van der Waals surface area contributed by atoms with Gasteiger partial charge in [-0.2, -0.15) is 0 Å². The molecular weight excluding hydrogens is 176 g/mol. The zero-order valence-corrected chi connectivity index (χ0v) is 8.86. The molecule has 0 aromatic carbocycles. The largest absolute Gasteiger partial charge is 0.380 e. The number of pyridine rings is 1. The lowest BCUT2D eigenvalue weighted by Crippen LogP contribution is -2.23. The maximum Gasteiger partial charge on any atom is 0.0590 e. The van der Waals surface area contributed by atoms with Crippen molar-refractivity contribution in [3.05, 3.63) is 30.1 Å². The van der Waals surface area contributed by atoms with Crippen molar-refractivity contribution < 1.29 is 4.74 Å². The van der Waals surface area contributed by atoms with E-state index in [0.29, 0.717) is 0 Å². The van der Waals surface area contributed by atoms with E-state index < -0.39 is 0 Å². The number of hydrogen-bond donors (Lipinski definition) is 1. The summed E-state index contributed by atoms with van der Waals surface area (Å²) in [4.78, 5) is 4.27. The quantitative estimate of drug-likeness (QED) is 0.701. The fourth-order valence-corrected chi connectivity index (χ4v) is 1.23. The molecule has 3 nitrogen and oxygen atoms in total. The number of hydrogen-bond acceptors (Lipinski definition) is 3. The second-order valence-corrected chi connectivity index (χ2v) is 3.13. The maximum atomic E-state index is 5.24. The highest BCUT2D eigenvalue weighted by atomic mass is 16.5. The molecule has 0 spiro atoms. The first-order chi connectivity index (χ1) is 6.84. The van der Waals surface area contributed by atoms with Crippen LogP contribution >= 0.6 is 0 Å². The number of nitrogens with one attached hydrogen (secondary N) is 1. The molecular formula is C11H18N2O. The van der Waals surface area contributed by atoms with E-state index in [0.717, 1.165) is 25.5 Å². The molecule has 0 fully saturated rings. The van der Waals surface area contributed by atoms with E-state index in [2.05, 4.69) is 17.2 Å². The predicted octanol–water partition coefficient (Wildman–Crippen LogP) is 1.77. The van der Waals surface area contributed by atoms with Gasteiger partial charge < -0.3 is 10.1 Å². The molecule has 0 unspecified atom stereocenters. The first kappa shape index (κ1) is 11.1. The van der Waals surface area contributed by atoms with Gasteiger partial charge in [0.25, 0.3) is 0 Å². The van der Waals surface area contributed by atoms with E-state index in [9.17, 15) is 0 Å². The molecule has 1 aromatic rings. The molecule has 0 aliphatic carbocycles. The Balaban J connectivity index is 2.25. The summed E-state index contributed by atoms with van der Waals surface area (Å²) < 4.78 is 5.24. The summed E-state index contributed by atoms with van der Waals surface area (Å²) >= 11 is 0. The van der Waals surface area contributed by atoms with Gasteiger partial charge in [0.05, 0.1) is 12.3 Å². The van der Waals surface area contributed by atoms with Gasteiger partial charge >= 0.3 is 0 Å². The molecule has 0 amide bonds. The molecule has 1 N–H and O–H groups in total. The molecule has 0 saturated heterocycles. The molecule has 14 heavy (non-hydrogen) atoms. The fraction of sp³-hybridized carbons (Fsp3) is 0.545. The van der Waals surface area contributed by atoms with E-state index in [1.807, 2.05) is 31.3 Å². The van der Waals surface area contributed by atoms with Gasteiger partial charge in [0.2, 0.25) is 0 Å².